The monoisotopic (exact) mass is 223 g/mol. The molecule has 16 heavy (non-hydrogen) atoms. The fourth-order valence-electron chi connectivity index (χ4n) is 1.22. The maximum atomic E-state index is 11.6. The van der Waals surface area contributed by atoms with Crippen molar-refractivity contribution >= 4 is 17.4 Å². The smallest absolute Gasteiger partial charge is 0.234 e. The number of amides is 1. The fourth-order valence-corrected chi connectivity index (χ4v) is 1.22. The van der Waals surface area contributed by atoms with Crippen LogP contribution in [0.4, 0.5) is 5.69 Å². The number of hydrogen-bond acceptors (Lipinski definition) is 2. The number of carbonyl (C=O) groups excluding carboxylic acids is 2. The van der Waals surface area contributed by atoms with Crippen molar-refractivity contribution in [2.24, 2.45) is 5.92 Å². The molecule has 0 saturated carbocycles. The van der Waals surface area contributed by atoms with Gasteiger partial charge in [-0.3, -0.25) is 9.59 Å². The van der Waals surface area contributed by atoms with Gasteiger partial charge in [0.2, 0.25) is 5.91 Å². The summed E-state index contributed by atoms with van der Waals surface area (Å²) in [5.41, 5.74) is 0.721. The van der Waals surface area contributed by atoms with Gasteiger partial charge in [-0.2, -0.15) is 0 Å². The number of nitrogens with one attached hydrogen (secondary N) is 1. The maximum Gasteiger partial charge on any atom is 0.234 e. The predicted molar refractivity (Wildman–Crippen MR) is 63.1 cm³/mol. The standard InChI is InChI=1S/C12H15NO2.H2O/c1-3-11(14)9(2)12(15)13-10-7-5-4-6-8-10;/h4-9H,3H2,1-2H3,(H,13,15);1H2. The summed E-state index contributed by atoms with van der Waals surface area (Å²) in [5, 5.41) is 2.70. The van der Waals surface area contributed by atoms with E-state index < -0.39 is 5.92 Å². The molecule has 0 aliphatic carbocycles. The first-order valence-electron chi connectivity index (χ1n) is 5.03. The van der Waals surface area contributed by atoms with Gasteiger partial charge in [0, 0.05) is 12.1 Å². The molecule has 0 fully saturated rings. The third-order valence-corrected chi connectivity index (χ3v) is 2.27. The van der Waals surface area contributed by atoms with E-state index in [2.05, 4.69) is 5.32 Å². The molecule has 1 rings (SSSR count). The van der Waals surface area contributed by atoms with Gasteiger partial charge in [-0.25, -0.2) is 0 Å². The van der Waals surface area contributed by atoms with E-state index >= 15 is 0 Å². The number of rotatable bonds is 4. The Hall–Kier alpha value is -1.68. The molecule has 0 aliphatic rings. The number of benzene rings is 1. The van der Waals surface area contributed by atoms with Crippen LogP contribution < -0.4 is 5.32 Å². The summed E-state index contributed by atoms with van der Waals surface area (Å²) in [6, 6.07) is 9.13. The molecule has 4 heteroatoms. The lowest BCUT2D eigenvalue weighted by Gasteiger charge is -2.09. The van der Waals surface area contributed by atoms with Crippen LogP contribution in [-0.2, 0) is 9.59 Å². The molecule has 1 aromatic rings. The first kappa shape index (κ1) is 14.3. The average Bonchev–Trinajstić information content (AvgIpc) is 2.28. The Morgan fingerprint density at radius 3 is 2.31 bits per heavy atom. The van der Waals surface area contributed by atoms with Gasteiger partial charge >= 0.3 is 0 Å². The summed E-state index contributed by atoms with van der Waals surface area (Å²) in [6.07, 6.45) is 0.392. The third-order valence-electron chi connectivity index (χ3n) is 2.27. The summed E-state index contributed by atoms with van der Waals surface area (Å²) in [6.45, 7) is 3.39. The Morgan fingerprint density at radius 2 is 1.81 bits per heavy atom. The molecule has 1 unspecified atom stereocenters. The Labute approximate surface area is 95.0 Å². The lowest BCUT2D eigenvalue weighted by Crippen LogP contribution is -2.26. The van der Waals surface area contributed by atoms with Gasteiger partial charge in [0.1, 0.15) is 5.78 Å². The highest BCUT2D eigenvalue weighted by Crippen LogP contribution is 2.09. The molecule has 0 aromatic heterocycles. The third kappa shape index (κ3) is 3.82. The minimum absolute atomic E-state index is 0. The molecular formula is C12H17NO3. The van der Waals surface area contributed by atoms with E-state index in [-0.39, 0.29) is 17.2 Å². The van der Waals surface area contributed by atoms with Gasteiger partial charge in [-0.1, -0.05) is 25.1 Å². The minimum Gasteiger partial charge on any atom is -0.412 e. The van der Waals surface area contributed by atoms with E-state index in [1.54, 1.807) is 26.0 Å². The van der Waals surface area contributed by atoms with Crippen LogP contribution in [0.15, 0.2) is 30.3 Å². The van der Waals surface area contributed by atoms with E-state index in [4.69, 9.17) is 0 Å². The summed E-state index contributed by atoms with van der Waals surface area (Å²) in [5.74, 6) is -0.855. The maximum absolute atomic E-state index is 11.6. The van der Waals surface area contributed by atoms with Crippen LogP contribution in [0.3, 0.4) is 0 Å². The van der Waals surface area contributed by atoms with E-state index in [0.29, 0.717) is 6.42 Å². The number of ketones is 1. The zero-order chi connectivity index (χ0) is 11.3. The van der Waals surface area contributed by atoms with E-state index in [1.165, 1.54) is 0 Å². The molecule has 0 aliphatic heterocycles. The highest BCUT2D eigenvalue weighted by atomic mass is 16.2. The molecule has 0 bridgehead atoms. The summed E-state index contributed by atoms with van der Waals surface area (Å²) < 4.78 is 0. The van der Waals surface area contributed by atoms with Gasteiger partial charge in [-0.15, -0.1) is 0 Å². The highest BCUT2D eigenvalue weighted by Gasteiger charge is 2.19. The number of Topliss-reactive ketones (excluding diaryl/α,β-unsaturated/α-hetero) is 1. The van der Waals surface area contributed by atoms with Crippen LogP contribution >= 0.6 is 0 Å². The van der Waals surface area contributed by atoms with Crippen LogP contribution in [0.2, 0.25) is 0 Å². The van der Waals surface area contributed by atoms with Crippen LogP contribution in [-0.4, -0.2) is 17.2 Å². The Kier molecular flexibility index (Phi) is 6.03. The normalized spacial score (nSPS) is 11.1. The van der Waals surface area contributed by atoms with Crippen molar-refractivity contribution in [2.45, 2.75) is 20.3 Å². The zero-order valence-electron chi connectivity index (χ0n) is 9.49. The molecule has 1 aromatic carbocycles. The van der Waals surface area contributed by atoms with Crippen LogP contribution in [0.25, 0.3) is 0 Å². The molecular weight excluding hydrogens is 206 g/mol. The molecule has 88 valence electrons. The lowest BCUT2D eigenvalue weighted by molar-refractivity contribution is -0.130. The molecule has 4 nitrogen and oxygen atoms in total. The van der Waals surface area contributed by atoms with Crippen molar-refractivity contribution in [2.75, 3.05) is 5.32 Å². The van der Waals surface area contributed by atoms with Gasteiger partial charge in [-0.05, 0) is 19.1 Å². The Balaban J connectivity index is 0.00000225. The number of hydrogen-bond donors (Lipinski definition) is 1. The van der Waals surface area contributed by atoms with E-state index in [9.17, 15) is 9.59 Å². The molecule has 3 N–H and O–H groups in total. The van der Waals surface area contributed by atoms with Crippen LogP contribution in [0.5, 0.6) is 0 Å². The zero-order valence-corrected chi connectivity index (χ0v) is 9.49. The van der Waals surface area contributed by atoms with Gasteiger partial charge in [0.15, 0.2) is 0 Å². The lowest BCUT2D eigenvalue weighted by atomic mass is 10.0. The van der Waals surface area contributed by atoms with E-state index in [1.807, 2.05) is 18.2 Å². The van der Waals surface area contributed by atoms with Crippen molar-refractivity contribution in [3.63, 3.8) is 0 Å². The fraction of sp³-hybridized carbons (Fsp3) is 0.333. The second kappa shape index (κ2) is 6.74. The second-order valence-corrected chi connectivity index (χ2v) is 3.40. The highest BCUT2D eigenvalue weighted by molar-refractivity contribution is 6.06. The van der Waals surface area contributed by atoms with Crippen LogP contribution in [0, 0.1) is 5.92 Å². The molecule has 0 spiro atoms. The molecule has 0 radical (unpaired) electrons. The van der Waals surface area contributed by atoms with Gasteiger partial charge in [0.25, 0.3) is 0 Å². The molecule has 0 heterocycles. The quantitative estimate of drug-likeness (QED) is 0.783. The SMILES string of the molecule is CCC(=O)C(C)C(=O)Nc1ccccc1.O. The van der Waals surface area contributed by atoms with Crippen LogP contribution in [0.1, 0.15) is 20.3 Å². The van der Waals surface area contributed by atoms with Crippen molar-refractivity contribution in [3.05, 3.63) is 30.3 Å². The largest absolute Gasteiger partial charge is 0.412 e. The van der Waals surface area contributed by atoms with Crippen molar-refractivity contribution in [3.8, 4) is 0 Å². The summed E-state index contributed by atoms with van der Waals surface area (Å²) in [4.78, 5) is 22.9. The van der Waals surface area contributed by atoms with Crippen molar-refractivity contribution < 1.29 is 15.1 Å². The predicted octanol–water partition coefficient (Wildman–Crippen LogP) is 1.42. The topological polar surface area (TPSA) is 77.7 Å². The average molecular weight is 223 g/mol. The minimum atomic E-state index is -0.574. The Bertz CT molecular complexity index is 349. The summed E-state index contributed by atoms with van der Waals surface area (Å²) in [7, 11) is 0. The molecule has 1 atom stereocenters. The first-order chi connectivity index (χ1) is 7.15. The molecule has 0 saturated heterocycles. The van der Waals surface area contributed by atoms with Gasteiger partial charge < -0.3 is 10.8 Å². The van der Waals surface area contributed by atoms with Crippen molar-refractivity contribution in [1.29, 1.82) is 0 Å². The number of para-hydroxylation sites is 1. The summed E-state index contributed by atoms with van der Waals surface area (Å²) >= 11 is 0. The first-order valence-corrected chi connectivity index (χ1v) is 5.03. The Morgan fingerprint density at radius 1 is 1.25 bits per heavy atom. The second-order valence-electron chi connectivity index (χ2n) is 3.40. The van der Waals surface area contributed by atoms with Gasteiger partial charge in [0.05, 0.1) is 5.92 Å². The number of carbonyl (C=O) groups is 2. The van der Waals surface area contributed by atoms with E-state index in [0.717, 1.165) is 5.69 Å². The van der Waals surface area contributed by atoms with Crippen molar-refractivity contribution in [1.82, 2.24) is 0 Å². The molecule has 1 amide bonds. The number of anilines is 1.